The van der Waals surface area contributed by atoms with Crippen molar-refractivity contribution in [3.05, 3.63) is 29.8 Å². The average Bonchev–Trinajstić information content (AvgIpc) is 2.57. The van der Waals surface area contributed by atoms with E-state index in [2.05, 4.69) is 15.6 Å². The maximum atomic E-state index is 11.9. The molecule has 0 aromatic heterocycles. The van der Waals surface area contributed by atoms with E-state index in [0.29, 0.717) is 30.9 Å². The van der Waals surface area contributed by atoms with Gasteiger partial charge in [0.15, 0.2) is 0 Å². The first-order valence-corrected chi connectivity index (χ1v) is 7.82. The number of nitrogens with one attached hydrogen (secondary N) is 2. The minimum atomic E-state index is -0.752. The number of benzene rings is 1. The van der Waals surface area contributed by atoms with E-state index >= 15 is 0 Å². The van der Waals surface area contributed by atoms with Gasteiger partial charge in [0.05, 0.1) is 12.2 Å². The number of piperazine rings is 1. The Balaban J connectivity index is 1.85. The van der Waals surface area contributed by atoms with Crippen LogP contribution < -0.4 is 10.7 Å². The molecule has 1 saturated heterocycles. The van der Waals surface area contributed by atoms with Crippen LogP contribution in [0.2, 0.25) is 0 Å². The molecule has 2 N–H and O–H groups in total. The number of anilines is 1. The summed E-state index contributed by atoms with van der Waals surface area (Å²) in [5.41, 5.74) is 3.41. The van der Waals surface area contributed by atoms with E-state index in [1.807, 2.05) is 7.05 Å². The molecule has 8 nitrogen and oxygen atoms in total. The molecule has 2 amide bonds. The molecule has 0 aliphatic carbocycles. The number of nitrogens with zero attached hydrogens (tertiary/aromatic N) is 2. The fourth-order valence-electron chi connectivity index (χ4n) is 2.20. The van der Waals surface area contributed by atoms with Gasteiger partial charge in [-0.1, -0.05) is 0 Å². The van der Waals surface area contributed by atoms with Gasteiger partial charge in [-0.05, 0) is 38.2 Å². The molecule has 1 fully saturated rings. The quantitative estimate of drug-likeness (QED) is 0.599. The number of hydrogen-bond acceptors (Lipinski definition) is 6. The molecular weight excluding hydrogens is 312 g/mol. The van der Waals surface area contributed by atoms with Crippen LogP contribution in [-0.4, -0.2) is 67.5 Å². The minimum Gasteiger partial charge on any atom is -0.462 e. The van der Waals surface area contributed by atoms with Crippen LogP contribution in [0, 0.1) is 0 Å². The molecule has 1 aromatic rings. The fraction of sp³-hybridized carbons (Fsp3) is 0.438. The molecule has 24 heavy (non-hydrogen) atoms. The Hall–Kier alpha value is -2.45. The zero-order chi connectivity index (χ0) is 17.5. The Labute approximate surface area is 140 Å². The van der Waals surface area contributed by atoms with Crippen molar-refractivity contribution in [2.24, 2.45) is 0 Å². The second kappa shape index (κ2) is 8.42. The second-order valence-corrected chi connectivity index (χ2v) is 5.48. The van der Waals surface area contributed by atoms with Crippen LogP contribution in [0.5, 0.6) is 0 Å². The van der Waals surface area contributed by atoms with Gasteiger partial charge in [-0.15, -0.1) is 0 Å². The summed E-state index contributed by atoms with van der Waals surface area (Å²) in [6.45, 7) is 5.03. The maximum Gasteiger partial charge on any atom is 0.338 e. The highest BCUT2D eigenvalue weighted by Crippen LogP contribution is 2.10. The zero-order valence-corrected chi connectivity index (χ0v) is 13.9. The van der Waals surface area contributed by atoms with Gasteiger partial charge in [0.2, 0.25) is 0 Å². The topological polar surface area (TPSA) is 91.0 Å². The number of hydrazine groups is 1. The first-order chi connectivity index (χ1) is 11.5. The smallest absolute Gasteiger partial charge is 0.338 e. The third-order valence-corrected chi connectivity index (χ3v) is 3.62. The lowest BCUT2D eigenvalue weighted by molar-refractivity contribution is -0.139. The lowest BCUT2D eigenvalue weighted by Gasteiger charge is -2.32. The number of ether oxygens (including phenoxy) is 1. The molecule has 0 radical (unpaired) electrons. The van der Waals surface area contributed by atoms with Crippen molar-refractivity contribution in [3.8, 4) is 0 Å². The predicted octanol–water partition coefficient (Wildman–Crippen LogP) is 0.0804. The summed E-state index contributed by atoms with van der Waals surface area (Å²) in [5, 5.41) is 4.23. The summed E-state index contributed by atoms with van der Waals surface area (Å²) in [7, 11) is 2.01. The number of hydrogen-bond donors (Lipinski definition) is 2. The van der Waals surface area contributed by atoms with Gasteiger partial charge in [-0.3, -0.25) is 15.0 Å². The van der Waals surface area contributed by atoms with Gasteiger partial charge in [0.25, 0.3) is 0 Å². The lowest BCUT2D eigenvalue weighted by Crippen LogP contribution is -2.54. The van der Waals surface area contributed by atoms with Gasteiger partial charge in [-0.25, -0.2) is 9.80 Å². The molecule has 1 heterocycles. The maximum absolute atomic E-state index is 11.9. The zero-order valence-electron chi connectivity index (χ0n) is 13.9. The van der Waals surface area contributed by atoms with Crippen molar-refractivity contribution in [2.75, 3.05) is 45.2 Å². The van der Waals surface area contributed by atoms with E-state index in [1.54, 1.807) is 24.1 Å². The van der Waals surface area contributed by atoms with Crippen LogP contribution in [0.25, 0.3) is 0 Å². The van der Waals surface area contributed by atoms with Gasteiger partial charge in [0, 0.05) is 31.9 Å². The van der Waals surface area contributed by atoms with Crippen molar-refractivity contribution >= 4 is 23.5 Å². The van der Waals surface area contributed by atoms with Gasteiger partial charge < -0.3 is 15.0 Å². The summed E-state index contributed by atoms with van der Waals surface area (Å²) in [6.07, 6.45) is 0. The van der Waals surface area contributed by atoms with E-state index in [4.69, 9.17) is 4.74 Å². The molecule has 0 unspecified atom stereocenters. The minimum absolute atomic E-state index is 0.295. The summed E-state index contributed by atoms with van der Waals surface area (Å²) >= 11 is 0. The molecule has 0 saturated carbocycles. The Kier molecular flexibility index (Phi) is 6.28. The molecule has 0 spiro atoms. The number of carbonyl (C=O) groups is 3. The van der Waals surface area contributed by atoms with E-state index in [0.717, 1.165) is 13.1 Å². The number of amides is 2. The Morgan fingerprint density at radius 1 is 1.04 bits per heavy atom. The van der Waals surface area contributed by atoms with Crippen molar-refractivity contribution in [1.82, 2.24) is 15.3 Å². The van der Waals surface area contributed by atoms with E-state index in [-0.39, 0.29) is 0 Å². The molecule has 1 aromatic carbocycles. The molecule has 1 aliphatic rings. The Bertz CT molecular complexity index is 595. The first-order valence-electron chi connectivity index (χ1n) is 7.82. The second-order valence-electron chi connectivity index (χ2n) is 5.48. The highest BCUT2D eigenvalue weighted by Gasteiger charge is 2.20. The number of rotatable bonds is 4. The van der Waals surface area contributed by atoms with E-state index in [9.17, 15) is 14.4 Å². The molecule has 0 bridgehead atoms. The van der Waals surface area contributed by atoms with Crippen LogP contribution in [0.3, 0.4) is 0 Å². The highest BCUT2D eigenvalue weighted by molar-refractivity contribution is 6.39. The van der Waals surface area contributed by atoms with Crippen LogP contribution in [-0.2, 0) is 14.3 Å². The van der Waals surface area contributed by atoms with Crippen LogP contribution in [0.4, 0.5) is 5.69 Å². The monoisotopic (exact) mass is 334 g/mol. The highest BCUT2D eigenvalue weighted by atomic mass is 16.5. The van der Waals surface area contributed by atoms with E-state index < -0.39 is 17.8 Å². The van der Waals surface area contributed by atoms with E-state index in [1.165, 1.54) is 12.1 Å². The average molecular weight is 334 g/mol. The lowest BCUT2D eigenvalue weighted by atomic mass is 10.2. The summed E-state index contributed by atoms with van der Waals surface area (Å²) in [5.74, 6) is -1.89. The molecule has 1 aliphatic heterocycles. The number of esters is 1. The van der Waals surface area contributed by atoms with Gasteiger partial charge >= 0.3 is 17.8 Å². The van der Waals surface area contributed by atoms with Gasteiger partial charge in [0.1, 0.15) is 0 Å². The third kappa shape index (κ3) is 5.04. The van der Waals surface area contributed by atoms with Gasteiger partial charge in [-0.2, -0.15) is 0 Å². The molecule has 130 valence electrons. The third-order valence-electron chi connectivity index (χ3n) is 3.62. The van der Waals surface area contributed by atoms with Crippen molar-refractivity contribution < 1.29 is 19.1 Å². The SMILES string of the molecule is CCOC(=O)c1ccc(NC(=O)C(=O)NN2CCN(C)CC2)cc1. The van der Waals surface area contributed by atoms with Crippen LogP contribution in [0.1, 0.15) is 17.3 Å². The summed E-state index contributed by atoms with van der Waals surface area (Å²) < 4.78 is 4.88. The Morgan fingerprint density at radius 2 is 1.67 bits per heavy atom. The standard InChI is InChI=1S/C16H22N4O4/c1-3-24-16(23)12-4-6-13(7-5-12)17-14(21)15(22)18-20-10-8-19(2)9-11-20/h4-7H,3,8-11H2,1-2H3,(H,17,21)(H,18,22). The van der Waals surface area contributed by atoms with Crippen molar-refractivity contribution in [2.45, 2.75) is 6.92 Å². The number of likely N-dealkylation sites (N-methyl/N-ethyl adjacent to an activating group) is 1. The van der Waals surface area contributed by atoms with Crippen LogP contribution >= 0.6 is 0 Å². The van der Waals surface area contributed by atoms with Crippen LogP contribution in [0.15, 0.2) is 24.3 Å². The normalized spacial score (nSPS) is 15.6. The molecular formula is C16H22N4O4. The molecule has 2 rings (SSSR count). The predicted molar refractivity (Wildman–Crippen MR) is 88.2 cm³/mol. The summed E-state index contributed by atoms with van der Waals surface area (Å²) in [6, 6.07) is 6.17. The first kappa shape index (κ1) is 17.9. The van der Waals surface area contributed by atoms with Crippen molar-refractivity contribution in [3.63, 3.8) is 0 Å². The Morgan fingerprint density at radius 3 is 2.25 bits per heavy atom. The summed E-state index contributed by atoms with van der Waals surface area (Å²) in [4.78, 5) is 37.5. The largest absolute Gasteiger partial charge is 0.462 e. The fourth-order valence-corrected chi connectivity index (χ4v) is 2.20. The molecule has 0 atom stereocenters. The molecule has 8 heteroatoms. The number of carbonyl (C=O) groups excluding carboxylic acids is 3. The van der Waals surface area contributed by atoms with Crippen molar-refractivity contribution in [1.29, 1.82) is 0 Å².